The van der Waals surface area contributed by atoms with Crippen LogP contribution in [0.3, 0.4) is 0 Å². The van der Waals surface area contributed by atoms with Crippen molar-refractivity contribution in [2.45, 2.75) is 46.5 Å². The summed E-state index contributed by atoms with van der Waals surface area (Å²) < 4.78 is 16.4. The molecule has 0 aromatic heterocycles. The summed E-state index contributed by atoms with van der Waals surface area (Å²) in [6.07, 6.45) is 9.12. The van der Waals surface area contributed by atoms with Gasteiger partial charge in [0.1, 0.15) is 12.4 Å². The van der Waals surface area contributed by atoms with E-state index in [4.69, 9.17) is 14.2 Å². The summed E-state index contributed by atoms with van der Waals surface area (Å²) in [5.74, 6) is 2.36. The fraction of sp³-hybridized carbons (Fsp3) is 0.474. The van der Waals surface area contributed by atoms with E-state index < -0.39 is 0 Å². The number of hydrogen-bond acceptors (Lipinski definition) is 3. The van der Waals surface area contributed by atoms with Crippen LogP contribution in [0.4, 0.5) is 0 Å². The molecule has 22 heavy (non-hydrogen) atoms. The van der Waals surface area contributed by atoms with E-state index in [1.807, 2.05) is 18.2 Å². The van der Waals surface area contributed by atoms with E-state index in [0.717, 1.165) is 30.1 Å². The van der Waals surface area contributed by atoms with Crippen molar-refractivity contribution >= 4 is 0 Å². The topological polar surface area (TPSA) is 27.7 Å². The summed E-state index contributed by atoms with van der Waals surface area (Å²) in [6, 6.07) is 5.67. The highest BCUT2D eigenvalue weighted by molar-refractivity contribution is 5.46. The number of fused-ring (bicyclic) bond motifs is 1. The molecule has 0 radical (unpaired) electrons. The molecular weight excluding hydrogens is 276 g/mol. The van der Waals surface area contributed by atoms with Crippen LogP contribution in [0.15, 0.2) is 41.5 Å². The van der Waals surface area contributed by atoms with Gasteiger partial charge in [0.15, 0.2) is 11.5 Å². The van der Waals surface area contributed by atoms with Crippen LogP contribution in [0, 0.1) is 0 Å². The minimum Gasteiger partial charge on any atom is -0.489 e. The molecule has 0 spiro atoms. The Labute approximate surface area is 133 Å². The normalized spacial score (nSPS) is 14.3. The molecule has 0 saturated heterocycles. The van der Waals surface area contributed by atoms with E-state index >= 15 is 0 Å². The Bertz CT molecular complexity index is 544. The van der Waals surface area contributed by atoms with Crippen molar-refractivity contribution in [3.63, 3.8) is 0 Å². The molecule has 2 rings (SSSR count). The number of rotatable bonds is 8. The molecule has 1 aliphatic rings. The van der Waals surface area contributed by atoms with Gasteiger partial charge in [-0.15, -0.1) is 0 Å². The van der Waals surface area contributed by atoms with Gasteiger partial charge >= 0.3 is 0 Å². The van der Waals surface area contributed by atoms with Crippen LogP contribution in [0.2, 0.25) is 0 Å². The Morgan fingerprint density at radius 3 is 2.68 bits per heavy atom. The maximum Gasteiger partial charge on any atom is 0.231 e. The second-order valence-electron chi connectivity index (χ2n) is 5.72. The Kier molecular flexibility index (Phi) is 6.38. The molecule has 0 atom stereocenters. The smallest absolute Gasteiger partial charge is 0.231 e. The highest BCUT2D eigenvalue weighted by Gasteiger charge is 2.13. The maximum absolute atomic E-state index is 5.74. The van der Waals surface area contributed by atoms with E-state index in [1.54, 1.807) is 0 Å². The van der Waals surface area contributed by atoms with Gasteiger partial charge in [-0.05, 0) is 51.3 Å². The predicted molar refractivity (Wildman–Crippen MR) is 89.7 cm³/mol. The second kappa shape index (κ2) is 8.52. The SMILES string of the molecule is CCCC(C)=CCCC(C)=CCOc1ccc2c(c1)OCO2. The first-order valence-corrected chi connectivity index (χ1v) is 8.02. The maximum atomic E-state index is 5.74. The summed E-state index contributed by atoms with van der Waals surface area (Å²) in [5, 5.41) is 0. The third kappa shape index (κ3) is 5.14. The van der Waals surface area contributed by atoms with Crippen LogP contribution in [-0.4, -0.2) is 13.4 Å². The van der Waals surface area contributed by atoms with Gasteiger partial charge in [-0.1, -0.05) is 30.6 Å². The monoisotopic (exact) mass is 302 g/mol. The molecule has 3 heteroatoms. The highest BCUT2D eigenvalue weighted by Crippen LogP contribution is 2.35. The second-order valence-corrected chi connectivity index (χ2v) is 5.72. The van der Waals surface area contributed by atoms with Gasteiger partial charge in [-0.25, -0.2) is 0 Å². The quantitative estimate of drug-likeness (QED) is 0.612. The van der Waals surface area contributed by atoms with Crippen LogP contribution in [-0.2, 0) is 0 Å². The standard InChI is InChI=1S/C19H26O3/c1-4-6-15(2)7-5-8-16(3)11-12-20-17-9-10-18-19(13-17)22-14-21-18/h7,9-11,13H,4-6,8,12,14H2,1-3H3. The predicted octanol–water partition coefficient (Wildman–Crippen LogP) is 5.27. The summed E-state index contributed by atoms with van der Waals surface area (Å²) >= 11 is 0. The minimum absolute atomic E-state index is 0.294. The van der Waals surface area contributed by atoms with Crippen LogP contribution < -0.4 is 14.2 Å². The summed E-state index contributed by atoms with van der Waals surface area (Å²) in [7, 11) is 0. The first kappa shape index (κ1) is 16.5. The van der Waals surface area contributed by atoms with Crippen LogP contribution in [0.1, 0.15) is 46.5 Å². The zero-order valence-corrected chi connectivity index (χ0v) is 13.9. The van der Waals surface area contributed by atoms with E-state index in [0.29, 0.717) is 13.4 Å². The fourth-order valence-electron chi connectivity index (χ4n) is 2.39. The lowest BCUT2D eigenvalue weighted by Crippen LogP contribution is -1.95. The van der Waals surface area contributed by atoms with Crippen molar-refractivity contribution in [2.75, 3.05) is 13.4 Å². The van der Waals surface area contributed by atoms with Gasteiger partial charge in [0.2, 0.25) is 6.79 Å². The van der Waals surface area contributed by atoms with Gasteiger partial charge in [0.25, 0.3) is 0 Å². The molecule has 1 aromatic rings. The van der Waals surface area contributed by atoms with Gasteiger partial charge < -0.3 is 14.2 Å². The van der Waals surface area contributed by atoms with Crippen LogP contribution in [0.5, 0.6) is 17.2 Å². The number of allylic oxidation sites excluding steroid dienone is 3. The molecule has 1 aromatic carbocycles. The van der Waals surface area contributed by atoms with E-state index in [-0.39, 0.29) is 0 Å². The lowest BCUT2D eigenvalue weighted by molar-refractivity contribution is 0.174. The average molecular weight is 302 g/mol. The third-order valence-corrected chi connectivity index (χ3v) is 3.70. The summed E-state index contributed by atoms with van der Waals surface area (Å²) in [6.45, 7) is 7.47. The first-order chi connectivity index (χ1) is 10.7. The Morgan fingerprint density at radius 2 is 1.86 bits per heavy atom. The number of ether oxygens (including phenoxy) is 3. The molecule has 0 saturated carbocycles. The van der Waals surface area contributed by atoms with Gasteiger partial charge in [-0.2, -0.15) is 0 Å². The van der Waals surface area contributed by atoms with Crippen molar-refractivity contribution in [1.29, 1.82) is 0 Å². The van der Waals surface area contributed by atoms with Crippen molar-refractivity contribution in [3.05, 3.63) is 41.5 Å². The molecule has 0 bridgehead atoms. The molecule has 120 valence electrons. The van der Waals surface area contributed by atoms with Gasteiger partial charge in [0, 0.05) is 6.07 Å². The Hall–Kier alpha value is -1.90. The molecule has 1 heterocycles. The van der Waals surface area contributed by atoms with Crippen molar-refractivity contribution in [2.24, 2.45) is 0 Å². The third-order valence-electron chi connectivity index (χ3n) is 3.70. The number of benzene rings is 1. The van der Waals surface area contributed by atoms with E-state index in [9.17, 15) is 0 Å². The lowest BCUT2D eigenvalue weighted by atomic mass is 10.1. The molecule has 0 unspecified atom stereocenters. The van der Waals surface area contributed by atoms with E-state index in [1.165, 1.54) is 24.0 Å². The molecule has 0 amide bonds. The van der Waals surface area contributed by atoms with Crippen molar-refractivity contribution < 1.29 is 14.2 Å². The largest absolute Gasteiger partial charge is 0.489 e. The van der Waals surface area contributed by atoms with Crippen LogP contribution >= 0.6 is 0 Å². The summed E-state index contributed by atoms with van der Waals surface area (Å²) in [5.41, 5.74) is 2.85. The fourth-order valence-corrected chi connectivity index (χ4v) is 2.39. The zero-order valence-electron chi connectivity index (χ0n) is 13.9. The highest BCUT2D eigenvalue weighted by atomic mass is 16.7. The van der Waals surface area contributed by atoms with Crippen molar-refractivity contribution in [3.8, 4) is 17.2 Å². The minimum atomic E-state index is 0.294. The molecular formula is C19H26O3. The summed E-state index contributed by atoms with van der Waals surface area (Å²) in [4.78, 5) is 0. The number of hydrogen-bond donors (Lipinski definition) is 0. The lowest BCUT2D eigenvalue weighted by Gasteiger charge is -2.05. The first-order valence-electron chi connectivity index (χ1n) is 8.02. The molecule has 3 nitrogen and oxygen atoms in total. The van der Waals surface area contributed by atoms with E-state index in [2.05, 4.69) is 32.9 Å². The van der Waals surface area contributed by atoms with Gasteiger partial charge in [-0.3, -0.25) is 0 Å². The van der Waals surface area contributed by atoms with Crippen molar-refractivity contribution in [1.82, 2.24) is 0 Å². The molecule has 0 N–H and O–H groups in total. The zero-order chi connectivity index (χ0) is 15.8. The van der Waals surface area contributed by atoms with Crippen LogP contribution in [0.25, 0.3) is 0 Å². The van der Waals surface area contributed by atoms with Gasteiger partial charge in [0.05, 0.1) is 0 Å². The average Bonchev–Trinajstić information content (AvgIpc) is 2.95. The molecule has 1 aliphatic heterocycles. The molecule has 0 aliphatic carbocycles. The Morgan fingerprint density at radius 1 is 1.09 bits per heavy atom. The molecule has 0 fully saturated rings. The Balaban J connectivity index is 1.73.